The van der Waals surface area contributed by atoms with Crippen LogP contribution in [0.1, 0.15) is 41.0 Å². The van der Waals surface area contributed by atoms with Gasteiger partial charge >= 0.3 is 6.03 Å². The lowest BCUT2D eigenvalue weighted by Crippen LogP contribution is -2.35. The maximum absolute atomic E-state index is 13.3. The summed E-state index contributed by atoms with van der Waals surface area (Å²) in [6.07, 6.45) is 1.87. The predicted molar refractivity (Wildman–Crippen MR) is 162 cm³/mol. The fraction of sp³-hybridized carbons (Fsp3) is 0.323. The summed E-state index contributed by atoms with van der Waals surface area (Å²) in [5.41, 5.74) is 3.79. The van der Waals surface area contributed by atoms with Gasteiger partial charge < -0.3 is 20.7 Å². The second kappa shape index (κ2) is 11.8. The number of hydrogen-bond donors (Lipinski definition) is 3. The number of hydrogen-bond acceptors (Lipinski definition) is 6. The van der Waals surface area contributed by atoms with Crippen LogP contribution in [0.15, 0.2) is 60.8 Å². The Labute approximate surface area is 238 Å². The molecule has 0 radical (unpaired) electrons. The van der Waals surface area contributed by atoms with Crippen LogP contribution in [0.2, 0.25) is 0 Å². The van der Waals surface area contributed by atoms with Crippen molar-refractivity contribution in [2.75, 3.05) is 44.0 Å². The van der Waals surface area contributed by atoms with Crippen molar-refractivity contribution >= 4 is 45.4 Å². The highest BCUT2D eigenvalue weighted by Crippen LogP contribution is 2.37. The van der Waals surface area contributed by atoms with E-state index in [2.05, 4.69) is 53.8 Å². The number of thiophene rings is 1. The van der Waals surface area contributed by atoms with Crippen molar-refractivity contribution in [2.45, 2.75) is 32.7 Å². The lowest BCUT2D eigenvalue weighted by molar-refractivity contribution is 0.0336. The fourth-order valence-electron chi connectivity index (χ4n) is 4.75. The van der Waals surface area contributed by atoms with Crippen molar-refractivity contribution in [2.24, 2.45) is 0 Å². The number of rotatable bonds is 6. The SMILES string of the molecule is CNC(=O)c1sc(C(C)(C)C)cc1NC(=O)Nc1ccc2ccccc2c1-c1ccc(CN2CCOCC2)nc1. The molecule has 40 heavy (non-hydrogen) atoms. The number of nitrogens with zero attached hydrogens (tertiary/aromatic N) is 2. The van der Waals surface area contributed by atoms with E-state index in [1.807, 2.05) is 48.7 Å². The number of fused-ring (bicyclic) bond motifs is 1. The zero-order chi connectivity index (χ0) is 28.3. The summed E-state index contributed by atoms with van der Waals surface area (Å²) in [5, 5.41) is 10.7. The first-order valence-electron chi connectivity index (χ1n) is 13.4. The number of aromatic nitrogens is 1. The molecule has 0 atom stereocenters. The van der Waals surface area contributed by atoms with Crippen LogP contribution in [0.5, 0.6) is 0 Å². The number of pyridine rings is 1. The van der Waals surface area contributed by atoms with Gasteiger partial charge in [-0.05, 0) is 34.4 Å². The molecule has 1 fully saturated rings. The van der Waals surface area contributed by atoms with Crippen LogP contribution < -0.4 is 16.0 Å². The minimum absolute atomic E-state index is 0.156. The number of morpholine rings is 1. The van der Waals surface area contributed by atoms with E-state index >= 15 is 0 Å². The topological polar surface area (TPSA) is 95.6 Å². The molecule has 1 saturated heterocycles. The van der Waals surface area contributed by atoms with Gasteiger partial charge in [0.25, 0.3) is 5.91 Å². The zero-order valence-corrected chi connectivity index (χ0v) is 24.2. The van der Waals surface area contributed by atoms with Crippen molar-refractivity contribution in [1.29, 1.82) is 0 Å². The highest BCUT2D eigenvalue weighted by molar-refractivity contribution is 7.14. The minimum Gasteiger partial charge on any atom is -0.379 e. The number of amides is 3. The Morgan fingerprint density at radius 3 is 2.45 bits per heavy atom. The number of anilines is 2. The van der Waals surface area contributed by atoms with Gasteiger partial charge in [0.1, 0.15) is 4.88 Å². The number of nitrogens with one attached hydrogen (secondary N) is 3. The van der Waals surface area contributed by atoms with Gasteiger partial charge in [0, 0.05) is 48.9 Å². The second-order valence-electron chi connectivity index (χ2n) is 10.9. The minimum atomic E-state index is -0.420. The van der Waals surface area contributed by atoms with Crippen molar-refractivity contribution in [3.8, 4) is 11.1 Å². The van der Waals surface area contributed by atoms with E-state index in [9.17, 15) is 9.59 Å². The van der Waals surface area contributed by atoms with Crippen LogP contribution in [0.4, 0.5) is 16.2 Å². The van der Waals surface area contributed by atoms with E-state index in [0.29, 0.717) is 16.3 Å². The first-order valence-corrected chi connectivity index (χ1v) is 14.3. The molecule has 208 valence electrons. The first-order chi connectivity index (χ1) is 19.2. The van der Waals surface area contributed by atoms with Gasteiger partial charge in [0.05, 0.1) is 30.3 Å². The van der Waals surface area contributed by atoms with E-state index in [-0.39, 0.29) is 11.3 Å². The Hall–Kier alpha value is -3.79. The number of carbonyl (C=O) groups excluding carboxylic acids is 2. The van der Waals surface area contributed by atoms with Crippen molar-refractivity contribution in [3.63, 3.8) is 0 Å². The third-order valence-corrected chi connectivity index (χ3v) is 8.49. The molecule has 1 aliphatic heterocycles. The van der Waals surface area contributed by atoms with Crippen molar-refractivity contribution in [1.82, 2.24) is 15.2 Å². The molecule has 1 aliphatic rings. The Morgan fingerprint density at radius 1 is 1.00 bits per heavy atom. The van der Waals surface area contributed by atoms with Gasteiger partial charge in [-0.2, -0.15) is 0 Å². The molecule has 3 heterocycles. The summed E-state index contributed by atoms with van der Waals surface area (Å²) in [5.74, 6) is -0.231. The smallest absolute Gasteiger partial charge is 0.323 e. The maximum atomic E-state index is 13.3. The molecule has 2 aromatic carbocycles. The molecule has 0 bridgehead atoms. The summed E-state index contributed by atoms with van der Waals surface area (Å²) < 4.78 is 5.46. The van der Waals surface area contributed by atoms with Gasteiger partial charge in [-0.15, -0.1) is 11.3 Å². The average Bonchev–Trinajstić information content (AvgIpc) is 3.38. The first kappa shape index (κ1) is 27.8. The largest absolute Gasteiger partial charge is 0.379 e. The standard InChI is InChI=1S/C31H35N5O3S/c1-31(2,3)26-17-25(28(40-26)29(37)32-4)35-30(38)34-24-12-10-20-7-5-6-8-23(20)27(24)21-9-11-22(33-18-21)19-36-13-15-39-16-14-36/h5-12,17-18H,13-16,19H2,1-4H3,(H,32,37)(H2,34,35,38). The number of urea groups is 1. The normalized spacial score (nSPS) is 14.2. The third-order valence-electron chi connectivity index (χ3n) is 6.93. The van der Waals surface area contributed by atoms with E-state index in [1.165, 1.54) is 11.3 Å². The summed E-state index contributed by atoms with van der Waals surface area (Å²) in [4.78, 5) is 34.5. The molecule has 0 unspecified atom stereocenters. The van der Waals surface area contributed by atoms with Gasteiger partial charge in [-0.1, -0.05) is 57.2 Å². The predicted octanol–water partition coefficient (Wildman–Crippen LogP) is 6.10. The molecule has 0 spiro atoms. The number of ether oxygens (including phenoxy) is 1. The third kappa shape index (κ3) is 6.17. The van der Waals surface area contributed by atoms with Gasteiger partial charge in [0.15, 0.2) is 0 Å². The molecule has 3 N–H and O–H groups in total. The molecule has 4 aromatic rings. The summed E-state index contributed by atoms with van der Waals surface area (Å²) in [6.45, 7) is 10.3. The highest BCUT2D eigenvalue weighted by atomic mass is 32.1. The lowest BCUT2D eigenvalue weighted by atomic mass is 9.94. The Bertz CT molecular complexity index is 1520. The zero-order valence-electron chi connectivity index (χ0n) is 23.3. The maximum Gasteiger partial charge on any atom is 0.323 e. The highest BCUT2D eigenvalue weighted by Gasteiger charge is 2.24. The molecule has 5 rings (SSSR count). The average molecular weight is 558 g/mol. The van der Waals surface area contributed by atoms with Crippen LogP contribution in [0.25, 0.3) is 21.9 Å². The van der Waals surface area contributed by atoms with Crippen LogP contribution in [-0.2, 0) is 16.7 Å². The molecule has 2 aromatic heterocycles. The van der Waals surface area contributed by atoms with E-state index in [4.69, 9.17) is 9.72 Å². The summed E-state index contributed by atoms with van der Waals surface area (Å²) in [7, 11) is 1.59. The van der Waals surface area contributed by atoms with Crippen molar-refractivity contribution in [3.05, 3.63) is 76.2 Å². The number of carbonyl (C=O) groups is 2. The van der Waals surface area contributed by atoms with Crippen LogP contribution >= 0.6 is 11.3 Å². The molecule has 9 heteroatoms. The molecular weight excluding hydrogens is 522 g/mol. The molecule has 8 nitrogen and oxygen atoms in total. The molecule has 0 saturated carbocycles. The van der Waals surface area contributed by atoms with E-state index in [0.717, 1.165) is 65.3 Å². The summed E-state index contributed by atoms with van der Waals surface area (Å²) >= 11 is 1.39. The Morgan fingerprint density at radius 2 is 1.75 bits per heavy atom. The second-order valence-corrected chi connectivity index (χ2v) is 11.9. The van der Waals surface area contributed by atoms with Gasteiger partial charge in [-0.25, -0.2) is 4.79 Å². The van der Waals surface area contributed by atoms with Crippen LogP contribution in [0.3, 0.4) is 0 Å². The Kier molecular flexibility index (Phi) is 8.16. The fourth-order valence-corrected chi connectivity index (χ4v) is 5.87. The molecule has 3 amide bonds. The van der Waals surface area contributed by atoms with Gasteiger partial charge in [-0.3, -0.25) is 14.7 Å². The monoisotopic (exact) mass is 557 g/mol. The lowest BCUT2D eigenvalue weighted by Gasteiger charge is -2.26. The quantitative estimate of drug-likeness (QED) is 0.266. The number of benzene rings is 2. The van der Waals surface area contributed by atoms with E-state index in [1.54, 1.807) is 7.05 Å². The summed E-state index contributed by atoms with van der Waals surface area (Å²) in [6, 6.07) is 17.6. The van der Waals surface area contributed by atoms with Crippen molar-refractivity contribution < 1.29 is 14.3 Å². The molecular formula is C31H35N5O3S. The Balaban J connectivity index is 1.44. The van der Waals surface area contributed by atoms with Gasteiger partial charge in [0.2, 0.25) is 0 Å². The molecule has 0 aliphatic carbocycles. The van der Waals surface area contributed by atoms with E-state index < -0.39 is 6.03 Å². The van der Waals surface area contributed by atoms with Crippen LogP contribution in [0, 0.1) is 0 Å². The van der Waals surface area contributed by atoms with Crippen LogP contribution in [-0.4, -0.2) is 55.2 Å².